The Labute approximate surface area is 112 Å². The molecule has 1 aliphatic rings. The molecule has 0 spiro atoms. The lowest BCUT2D eigenvalue weighted by Gasteiger charge is -2.15. The summed E-state index contributed by atoms with van der Waals surface area (Å²) in [5.74, 6) is 4.93. The molecule has 1 fully saturated rings. The second kappa shape index (κ2) is 4.46. The van der Waals surface area contributed by atoms with Gasteiger partial charge in [-0.15, -0.1) is 0 Å². The van der Waals surface area contributed by atoms with Gasteiger partial charge in [-0.3, -0.25) is 15.2 Å². The van der Waals surface area contributed by atoms with Crippen molar-refractivity contribution < 1.29 is 4.79 Å². The van der Waals surface area contributed by atoms with Gasteiger partial charge in [-0.05, 0) is 41.5 Å². The summed E-state index contributed by atoms with van der Waals surface area (Å²) < 4.78 is 0.962. The van der Waals surface area contributed by atoms with Gasteiger partial charge >= 0.3 is 0 Å². The Morgan fingerprint density at radius 2 is 2.38 bits per heavy atom. The van der Waals surface area contributed by atoms with Gasteiger partial charge in [0.15, 0.2) is 0 Å². The van der Waals surface area contributed by atoms with Crippen LogP contribution in [0, 0.1) is 3.57 Å². The third-order valence-electron chi connectivity index (χ3n) is 2.86. The van der Waals surface area contributed by atoms with Crippen LogP contribution in [0.3, 0.4) is 0 Å². The third kappa shape index (κ3) is 2.16. The number of carbonyl (C=O) groups is 1. The Morgan fingerprint density at radius 1 is 1.69 bits per heavy atom. The van der Waals surface area contributed by atoms with Crippen LogP contribution in [-0.4, -0.2) is 10.9 Å². The van der Waals surface area contributed by atoms with Crippen molar-refractivity contribution in [3.8, 4) is 0 Å². The molecule has 16 heavy (non-hydrogen) atoms. The monoisotopic (exact) mass is 351 g/mol. The van der Waals surface area contributed by atoms with E-state index in [4.69, 9.17) is 17.4 Å². The lowest BCUT2D eigenvalue weighted by molar-refractivity contribution is -0.121. The molecule has 1 aliphatic carbocycles. The fourth-order valence-electron chi connectivity index (χ4n) is 1.80. The number of pyridine rings is 1. The van der Waals surface area contributed by atoms with Crippen molar-refractivity contribution >= 4 is 40.1 Å². The highest BCUT2D eigenvalue weighted by Crippen LogP contribution is 2.52. The van der Waals surface area contributed by atoms with E-state index in [1.165, 1.54) is 0 Å². The van der Waals surface area contributed by atoms with Crippen LogP contribution in [-0.2, 0) is 10.2 Å². The number of rotatable bonds is 3. The topological polar surface area (TPSA) is 68.0 Å². The minimum atomic E-state index is -0.193. The van der Waals surface area contributed by atoms with Crippen molar-refractivity contribution in [1.82, 2.24) is 10.4 Å². The second-order valence-corrected chi connectivity index (χ2v) is 5.52. The summed E-state index contributed by atoms with van der Waals surface area (Å²) in [7, 11) is 0. The van der Waals surface area contributed by atoms with Gasteiger partial charge in [0, 0.05) is 21.6 Å². The molecule has 0 aliphatic heterocycles. The van der Waals surface area contributed by atoms with Gasteiger partial charge in [-0.2, -0.15) is 0 Å². The summed E-state index contributed by atoms with van der Waals surface area (Å²) in [4.78, 5) is 15.6. The average Bonchev–Trinajstić information content (AvgIpc) is 3.02. The number of nitrogens with zero attached hydrogens (tertiary/aromatic N) is 1. The average molecular weight is 352 g/mol. The number of nitrogens with one attached hydrogen (secondary N) is 1. The van der Waals surface area contributed by atoms with Crippen molar-refractivity contribution in [1.29, 1.82) is 0 Å². The summed E-state index contributed by atoms with van der Waals surface area (Å²) in [6, 6.07) is 1.85. The van der Waals surface area contributed by atoms with Gasteiger partial charge in [0.1, 0.15) is 0 Å². The molecular formula is C10H11ClIN3O. The van der Waals surface area contributed by atoms with Crippen molar-refractivity contribution in [2.75, 3.05) is 0 Å². The van der Waals surface area contributed by atoms with E-state index in [2.05, 4.69) is 33.0 Å². The van der Waals surface area contributed by atoms with Crippen molar-refractivity contribution in [3.05, 3.63) is 26.5 Å². The van der Waals surface area contributed by atoms with Gasteiger partial charge < -0.3 is 0 Å². The lowest BCUT2D eigenvalue weighted by atomic mass is 9.97. The number of halogens is 2. The lowest BCUT2D eigenvalue weighted by Crippen LogP contribution is -2.33. The molecule has 1 saturated carbocycles. The highest BCUT2D eigenvalue weighted by atomic mass is 127. The van der Waals surface area contributed by atoms with E-state index in [9.17, 15) is 4.79 Å². The van der Waals surface area contributed by atoms with E-state index < -0.39 is 0 Å². The number of hydrazine groups is 1. The van der Waals surface area contributed by atoms with Crippen LogP contribution in [0.15, 0.2) is 12.3 Å². The highest BCUT2D eigenvalue weighted by Gasteiger charge is 2.48. The zero-order valence-corrected chi connectivity index (χ0v) is 11.4. The number of nitrogens with two attached hydrogens (primary N) is 1. The van der Waals surface area contributed by atoms with Crippen molar-refractivity contribution in [2.45, 2.75) is 24.7 Å². The van der Waals surface area contributed by atoms with Crippen molar-refractivity contribution in [3.63, 3.8) is 0 Å². The molecule has 0 bridgehead atoms. The molecule has 0 saturated heterocycles. The highest BCUT2D eigenvalue weighted by molar-refractivity contribution is 14.1. The van der Waals surface area contributed by atoms with E-state index in [1.54, 1.807) is 6.20 Å². The Balaban J connectivity index is 2.30. The molecule has 1 heterocycles. The Morgan fingerprint density at radius 3 is 2.94 bits per heavy atom. The van der Waals surface area contributed by atoms with Crippen LogP contribution in [0.25, 0.3) is 0 Å². The first kappa shape index (κ1) is 12.1. The zero-order valence-electron chi connectivity index (χ0n) is 8.46. The molecule has 4 nitrogen and oxygen atoms in total. The normalized spacial score (nSPS) is 16.9. The van der Waals surface area contributed by atoms with Gasteiger partial charge in [0.05, 0.1) is 10.7 Å². The standard InChI is InChI=1S/C10H11ClIN3O/c11-8-6(12)1-4-14-9(8)10(2-3-10)5-7(16)15-13/h1,4H,2-3,5,13H2,(H,15,16). The minimum absolute atomic E-state index is 0.172. The molecule has 1 aromatic heterocycles. The smallest absolute Gasteiger partial charge is 0.234 e. The molecule has 0 unspecified atom stereocenters. The van der Waals surface area contributed by atoms with Gasteiger partial charge in [-0.25, -0.2) is 5.84 Å². The van der Waals surface area contributed by atoms with Crippen LogP contribution in [0.2, 0.25) is 5.02 Å². The van der Waals surface area contributed by atoms with Gasteiger partial charge in [0.2, 0.25) is 5.91 Å². The van der Waals surface area contributed by atoms with E-state index in [-0.39, 0.29) is 11.3 Å². The molecule has 0 aromatic carbocycles. The molecule has 86 valence electrons. The maximum Gasteiger partial charge on any atom is 0.234 e. The summed E-state index contributed by atoms with van der Waals surface area (Å²) >= 11 is 8.37. The summed E-state index contributed by atoms with van der Waals surface area (Å²) in [6.07, 6.45) is 3.96. The molecule has 1 amide bonds. The fraction of sp³-hybridized carbons (Fsp3) is 0.400. The Hall–Kier alpha value is -0.400. The quantitative estimate of drug-likeness (QED) is 0.377. The molecule has 2 rings (SSSR count). The number of hydrogen-bond acceptors (Lipinski definition) is 3. The van der Waals surface area contributed by atoms with Crippen LogP contribution >= 0.6 is 34.2 Å². The summed E-state index contributed by atoms with van der Waals surface area (Å²) in [6.45, 7) is 0. The molecule has 0 atom stereocenters. The molecule has 1 aromatic rings. The van der Waals surface area contributed by atoms with Crippen LogP contribution in [0.4, 0.5) is 0 Å². The van der Waals surface area contributed by atoms with Crippen LogP contribution in [0.1, 0.15) is 25.0 Å². The Kier molecular flexibility index (Phi) is 3.37. The number of hydrogen-bond donors (Lipinski definition) is 2. The van der Waals surface area contributed by atoms with E-state index >= 15 is 0 Å². The molecule has 6 heteroatoms. The SMILES string of the molecule is NNC(=O)CC1(c2nccc(I)c2Cl)CC1. The third-order valence-corrected chi connectivity index (χ3v) is 4.46. The predicted molar refractivity (Wildman–Crippen MR) is 69.8 cm³/mol. The maximum atomic E-state index is 11.3. The molecular weight excluding hydrogens is 340 g/mol. The Bertz CT molecular complexity index is 434. The minimum Gasteiger partial charge on any atom is -0.294 e. The van der Waals surface area contributed by atoms with Crippen LogP contribution < -0.4 is 11.3 Å². The van der Waals surface area contributed by atoms with E-state index in [0.717, 1.165) is 22.1 Å². The number of aromatic nitrogens is 1. The summed E-state index contributed by atoms with van der Waals surface area (Å²) in [5, 5.41) is 0.658. The van der Waals surface area contributed by atoms with E-state index in [1.807, 2.05) is 6.07 Å². The first-order valence-corrected chi connectivity index (χ1v) is 6.35. The fourth-order valence-corrected chi connectivity index (χ4v) is 2.52. The molecule has 0 radical (unpaired) electrons. The first-order valence-electron chi connectivity index (χ1n) is 4.89. The van der Waals surface area contributed by atoms with Crippen molar-refractivity contribution in [2.24, 2.45) is 5.84 Å². The number of amides is 1. The van der Waals surface area contributed by atoms with Gasteiger partial charge in [-0.1, -0.05) is 11.6 Å². The van der Waals surface area contributed by atoms with Gasteiger partial charge in [0.25, 0.3) is 0 Å². The van der Waals surface area contributed by atoms with Crippen LogP contribution in [0.5, 0.6) is 0 Å². The summed E-state index contributed by atoms with van der Waals surface area (Å²) in [5.41, 5.74) is 2.78. The first-order chi connectivity index (χ1) is 7.59. The molecule has 3 N–H and O–H groups in total. The maximum absolute atomic E-state index is 11.3. The largest absolute Gasteiger partial charge is 0.294 e. The second-order valence-electron chi connectivity index (χ2n) is 3.98. The predicted octanol–water partition coefficient (Wildman–Crippen LogP) is 1.75. The zero-order chi connectivity index (χ0) is 11.8. The number of carbonyl (C=O) groups excluding carboxylic acids is 1. The van der Waals surface area contributed by atoms with E-state index in [0.29, 0.717) is 11.4 Å².